The van der Waals surface area contributed by atoms with Gasteiger partial charge in [0, 0.05) is 34.1 Å². The van der Waals surface area contributed by atoms with Crippen LogP contribution in [0.15, 0.2) is 46.6 Å². The first-order valence-corrected chi connectivity index (χ1v) is 7.58. The van der Waals surface area contributed by atoms with Gasteiger partial charge in [0.2, 0.25) is 0 Å². The van der Waals surface area contributed by atoms with E-state index >= 15 is 0 Å². The molecule has 0 fully saturated rings. The van der Waals surface area contributed by atoms with Gasteiger partial charge >= 0.3 is 0 Å². The molecular weight excluding hydrogens is 296 g/mol. The molecule has 0 bridgehead atoms. The summed E-state index contributed by atoms with van der Waals surface area (Å²) in [7, 11) is 0. The summed E-state index contributed by atoms with van der Waals surface area (Å²) in [5, 5.41) is 10.9. The van der Waals surface area contributed by atoms with E-state index in [2.05, 4.69) is 25.5 Å². The SMILES string of the molecule is Cc1cc(Nc2nc(Sc3ccc(N)cc3)ncc2C)n[nH]1. The van der Waals surface area contributed by atoms with Gasteiger partial charge in [0.25, 0.3) is 0 Å². The van der Waals surface area contributed by atoms with Crippen LogP contribution >= 0.6 is 11.8 Å². The molecular formula is C15H16N6S. The number of nitrogens with zero attached hydrogens (tertiary/aromatic N) is 3. The summed E-state index contributed by atoms with van der Waals surface area (Å²) in [6.07, 6.45) is 1.80. The van der Waals surface area contributed by atoms with Crippen LogP contribution in [0.4, 0.5) is 17.3 Å². The Kier molecular flexibility index (Phi) is 3.97. The highest BCUT2D eigenvalue weighted by atomic mass is 32.2. The largest absolute Gasteiger partial charge is 0.399 e. The minimum Gasteiger partial charge on any atom is -0.399 e. The molecule has 0 aliphatic heterocycles. The van der Waals surface area contributed by atoms with E-state index in [9.17, 15) is 0 Å². The highest BCUT2D eigenvalue weighted by Gasteiger charge is 2.07. The number of nitrogens with two attached hydrogens (primary N) is 1. The van der Waals surface area contributed by atoms with Crippen molar-refractivity contribution in [3.8, 4) is 0 Å². The Morgan fingerprint density at radius 1 is 1.18 bits per heavy atom. The van der Waals surface area contributed by atoms with Crippen LogP contribution in [0.1, 0.15) is 11.3 Å². The average molecular weight is 312 g/mol. The molecule has 0 aliphatic rings. The predicted molar refractivity (Wildman–Crippen MR) is 88.4 cm³/mol. The summed E-state index contributed by atoms with van der Waals surface area (Å²) in [6, 6.07) is 9.56. The third-order valence-corrected chi connectivity index (χ3v) is 3.88. The molecule has 0 saturated heterocycles. The van der Waals surface area contributed by atoms with Crippen LogP contribution in [0.25, 0.3) is 0 Å². The Morgan fingerprint density at radius 3 is 2.64 bits per heavy atom. The fourth-order valence-corrected chi connectivity index (χ4v) is 2.57. The molecule has 0 amide bonds. The van der Waals surface area contributed by atoms with Crippen molar-refractivity contribution < 1.29 is 0 Å². The topological polar surface area (TPSA) is 92.5 Å². The molecule has 0 atom stereocenters. The molecule has 0 saturated carbocycles. The Morgan fingerprint density at radius 2 is 1.95 bits per heavy atom. The first kappa shape index (κ1) is 14.4. The number of benzene rings is 1. The van der Waals surface area contributed by atoms with Crippen molar-refractivity contribution in [2.24, 2.45) is 0 Å². The van der Waals surface area contributed by atoms with Gasteiger partial charge in [-0.15, -0.1) is 0 Å². The zero-order valence-corrected chi connectivity index (χ0v) is 13.1. The van der Waals surface area contributed by atoms with E-state index in [1.807, 2.05) is 44.2 Å². The maximum atomic E-state index is 5.69. The van der Waals surface area contributed by atoms with Gasteiger partial charge < -0.3 is 11.1 Å². The van der Waals surface area contributed by atoms with Gasteiger partial charge in [0.15, 0.2) is 11.0 Å². The standard InChI is InChI=1S/C15H16N6S/c1-9-8-17-15(22-12-5-3-11(16)4-6-12)19-14(9)18-13-7-10(2)20-21-13/h3-8H,16H2,1-2H3,(H2,17,18,19,20,21). The number of H-pyrrole nitrogens is 1. The number of aromatic amines is 1. The molecule has 2 aromatic heterocycles. The van der Waals surface area contributed by atoms with E-state index in [0.29, 0.717) is 5.16 Å². The third kappa shape index (κ3) is 3.37. The molecule has 0 spiro atoms. The Hall–Kier alpha value is -2.54. The van der Waals surface area contributed by atoms with Crippen LogP contribution in [-0.4, -0.2) is 20.2 Å². The van der Waals surface area contributed by atoms with E-state index in [4.69, 9.17) is 5.73 Å². The van der Waals surface area contributed by atoms with Crippen molar-refractivity contribution in [3.05, 3.63) is 47.8 Å². The fourth-order valence-electron chi connectivity index (χ4n) is 1.85. The smallest absolute Gasteiger partial charge is 0.194 e. The van der Waals surface area contributed by atoms with Crippen LogP contribution in [0.2, 0.25) is 0 Å². The maximum Gasteiger partial charge on any atom is 0.194 e. The Bertz CT molecular complexity index is 781. The van der Waals surface area contributed by atoms with E-state index < -0.39 is 0 Å². The second-order valence-electron chi connectivity index (χ2n) is 4.92. The van der Waals surface area contributed by atoms with Gasteiger partial charge in [0.1, 0.15) is 5.82 Å². The second kappa shape index (κ2) is 6.07. The average Bonchev–Trinajstić information content (AvgIpc) is 2.90. The van der Waals surface area contributed by atoms with Crippen LogP contribution < -0.4 is 11.1 Å². The summed E-state index contributed by atoms with van der Waals surface area (Å²) < 4.78 is 0. The maximum absolute atomic E-state index is 5.69. The number of nitrogen functional groups attached to an aromatic ring is 1. The summed E-state index contributed by atoms with van der Waals surface area (Å²) >= 11 is 1.49. The third-order valence-electron chi connectivity index (χ3n) is 2.99. The first-order chi connectivity index (χ1) is 10.6. The van der Waals surface area contributed by atoms with Gasteiger partial charge in [-0.25, -0.2) is 9.97 Å². The normalized spacial score (nSPS) is 10.6. The molecule has 1 aromatic carbocycles. The van der Waals surface area contributed by atoms with Crippen LogP contribution in [0, 0.1) is 13.8 Å². The van der Waals surface area contributed by atoms with Crippen LogP contribution in [0.3, 0.4) is 0 Å². The zero-order chi connectivity index (χ0) is 15.5. The molecule has 7 heteroatoms. The molecule has 0 radical (unpaired) electrons. The van der Waals surface area contributed by atoms with E-state index in [1.54, 1.807) is 6.20 Å². The summed E-state index contributed by atoms with van der Waals surface area (Å²) in [5.74, 6) is 1.49. The van der Waals surface area contributed by atoms with Gasteiger partial charge in [-0.3, -0.25) is 5.10 Å². The fraction of sp³-hybridized carbons (Fsp3) is 0.133. The lowest BCUT2D eigenvalue weighted by molar-refractivity contribution is 0.952. The highest BCUT2D eigenvalue weighted by molar-refractivity contribution is 7.99. The van der Waals surface area contributed by atoms with E-state index in [1.165, 1.54) is 11.8 Å². The molecule has 4 N–H and O–H groups in total. The first-order valence-electron chi connectivity index (χ1n) is 6.76. The van der Waals surface area contributed by atoms with Gasteiger partial charge in [-0.1, -0.05) is 0 Å². The van der Waals surface area contributed by atoms with Crippen molar-refractivity contribution in [1.82, 2.24) is 20.2 Å². The van der Waals surface area contributed by atoms with Gasteiger partial charge in [-0.05, 0) is 49.9 Å². The number of aryl methyl sites for hydroxylation is 2. The molecule has 0 aliphatic carbocycles. The predicted octanol–water partition coefficient (Wildman–Crippen LogP) is 3.29. The number of hydrogen-bond acceptors (Lipinski definition) is 6. The lowest BCUT2D eigenvalue weighted by Crippen LogP contribution is -1.99. The van der Waals surface area contributed by atoms with Crippen molar-refractivity contribution in [3.63, 3.8) is 0 Å². The number of anilines is 3. The van der Waals surface area contributed by atoms with Gasteiger partial charge in [-0.2, -0.15) is 5.10 Å². The number of nitrogens with one attached hydrogen (secondary N) is 2. The lowest BCUT2D eigenvalue weighted by atomic mass is 10.3. The molecule has 6 nitrogen and oxygen atoms in total. The Labute approximate surface area is 132 Å². The molecule has 0 unspecified atom stereocenters. The van der Waals surface area contributed by atoms with Crippen LogP contribution in [0.5, 0.6) is 0 Å². The minimum atomic E-state index is 0.671. The van der Waals surface area contributed by atoms with Gasteiger partial charge in [0.05, 0.1) is 0 Å². The molecule has 2 heterocycles. The van der Waals surface area contributed by atoms with Crippen molar-refractivity contribution in [2.45, 2.75) is 23.9 Å². The van der Waals surface area contributed by atoms with Crippen molar-refractivity contribution in [1.29, 1.82) is 0 Å². The summed E-state index contributed by atoms with van der Waals surface area (Å²) in [5.41, 5.74) is 8.38. The van der Waals surface area contributed by atoms with Crippen molar-refractivity contribution >= 4 is 29.1 Å². The summed E-state index contributed by atoms with van der Waals surface area (Å²) in [6.45, 7) is 3.91. The highest BCUT2D eigenvalue weighted by Crippen LogP contribution is 2.27. The molecule has 112 valence electrons. The summed E-state index contributed by atoms with van der Waals surface area (Å²) in [4.78, 5) is 9.95. The van der Waals surface area contributed by atoms with E-state index in [-0.39, 0.29) is 0 Å². The second-order valence-corrected chi connectivity index (χ2v) is 5.96. The van der Waals surface area contributed by atoms with Crippen LogP contribution in [-0.2, 0) is 0 Å². The minimum absolute atomic E-state index is 0.671. The lowest BCUT2D eigenvalue weighted by Gasteiger charge is -2.07. The number of rotatable bonds is 4. The molecule has 3 aromatic rings. The monoisotopic (exact) mass is 312 g/mol. The Balaban J connectivity index is 1.81. The number of hydrogen-bond donors (Lipinski definition) is 3. The van der Waals surface area contributed by atoms with Crippen molar-refractivity contribution in [2.75, 3.05) is 11.1 Å². The van der Waals surface area contributed by atoms with E-state index in [0.717, 1.165) is 33.5 Å². The zero-order valence-electron chi connectivity index (χ0n) is 12.3. The molecule has 22 heavy (non-hydrogen) atoms. The quantitative estimate of drug-likeness (QED) is 0.505. The number of aromatic nitrogens is 4. The molecule has 3 rings (SSSR count).